The van der Waals surface area contributed by atoms with E-state index in [2.05, 4.69) is 5.32 Å². The zero-order valence-electron chi connectivity index (χ0n) is 8.69. The molecule has 1 heterocycles. The first-order valence-electron chi connectivity index (χ1n) is 4.94. The van der Waals surface area contributed by atoms with E-state index in [9.17, 15) is 9.90 Å². The Hall–Kier alpha value is -1.07. The number of anilines is 1. The zero-order chi connectivity index (χ0) is 11.3. The van der Waals surface area contributed by atoms with Crippen molar-refractivity contribution in [1.29, 1.82) is 0 Å². The van der Waals surface area contributed by atoms with Gasteiger partial charge in [-0.2, -0.15) is 0 Å². The number of hydrogen-bond donors (Lipinski definition) is 3. The van der Waals surface area contributed by atoms with Crippen LogP contribution in [0.1, 0.15) is 29.4 Å². The number of hydrogen-bond acceptors (Lipinski definition) is 4. The van der Waals surface area contributed by atoms with Crippen LogP contribution in [0.3, 0.4) is 0 Å². The second-order valence-electron chi connectivity index (χ2n) is 3.36. The predicted molar refractivity (Wildman–Crippen MR) is 62.0 cm³/mol. The standard InChI is InChI=1S/C10H16N2O2S/c1-2-3-7(13)6-12-10(14)9-8(11)4-5-15-9/h4-5,7,13H,2-3,6,11H2,1H3,(H,12,14). The molecule has 0 aliphatic heterocycles. The van der Waals surface area contributed by atoms with Crippen molar-refractivity contribution in [1.82, 2.24) is 5.32 Å². The topological polar surface area (TPSA) is 75.3 Å². The fourth-order valence-electron chi connectivity index (χ4n) is 1.23. The number of aliphatic hydroxyl groups is 1. The summed E-state index contributed by atoms with van der Waals surface area (Å²) in [5.41, 5.74) is 6.08. The highest BCUT2D eigenvalue weighted by Crippen LogP contribution is 2.18. The van der Waals surface area contributed by atoms with E-state index in [1.54, 1.807) is 11.4 Å². The van der Waals surface area contributed by atoms with Gasteiger partial charge in [0, 0.05) is 6.54 Å². The molecule has 1 unspecified atom stereocenters. The van der Waals surface area contributed by atoms with Crippen molar-refractivity contribution >= 4 is 22.9 Å². The molecule has 1 rings (SSSR count). The van der Waals surface area contributed by atoms with E-state index < -0.39 is 6.10 Å². The van der Waals surface area contributed by atoms with Gasteiger partial charge in [0.25, 0.3) is 5.91 Å². The molecule has 0 aromatic carbocycles. The summed E-state index contributed by atoms with van der Waals surface area (Å²) >= 11 is 1.30. The van der Waals surface area contributed by atoms with Crippen LogP contribution in [-0.2, 0) is 0 Å². The molecule has 4 N–H and O–H groups in total. The van der Waals surface area contributed by atoms with Gasteiger partial charge < -0.3 is 16.2 Å². The summed E-state index contributed by atoms with van der Waals surface area (Å²) in [4.78, 5) is 12.1. The Morgan fingerprint density at radius 3 is 3.00 bits per heavy atom. The van der Waals surface area contributed by atoms with E-state index in [4.69, 9.17) is 5.73 Å². The minimum Gasteiger partial charge on any atom is -0.397 e. The summed E-state index contributed by atoms with van der Waals surface area (Å²) in [7, 11) is 0. The molecule has 0 aliphatic carbocycles. The van der Waals surface area contributed by atoms with Crippen LogP contribution in [0.25, 0.3) is 0 Å². The Kier molecular flexibility index (Phi) is 4.58. The number of amides is 1. The normalized spacial score (nSPS) is 12.4. The molecule has 1 amide bonds. The molecule has 0 aliphatic rings. The van der Waals surface area contributed by atoms with Crippen LogP contribution in [0.2, 0.25) is 0 Å². The fourth-order valence-corrected chi connectivity index (χ4v) is 1.96. The second kappa shape index (κ2) is 5.72. The van der Waals surface area contributed by atoms with Gasteiger partial charge in [-0.05, 0) is 17.9 Å². The summed E-state index contributed by atoms with van der Waals surface area (Å²) in [5.74, 6) is -0.211. The Labute approximate surface area is 93.1 Å². The summed E-state index contributed by atoms with van der Waals surface area (Å²) in [6.07, 6.45) is 1.12. The van der Waals surface area contributed by atoms with Crippen LogP contribution in [0.5, 0.6) is 0 Å². The molecule has 1 aromatic heterocycles. The monoisotopic (exact) mass is 228 g/mol. The zero-order valence-corrected chi connectivity index (χ0v) is 9.51. The highest BCUT2D eigenvalue weighted by Gasteiger charge is 2.12. The molecule has 4 nitrogen and oxygen atoms in total. The molecule has 0 spiro atoms. The number of carbonyl (C=O) groups excluding carboxylic acids is 1. The number of nitrogen functional groups attached to an aromatic ring is 1. The molecule has 0 bridgehead atoms. The minimum atomic E-state index is -0.472. The first-order valence-corrected chi connectivity index (χ1v) is 5.82. The van der Waals surface area contributed by atoms with Crippen molar-refractivity contribution in [2.45, 2.75) is 25.9 Å². The van der Waals surface area contributed by atoms with Gasteiger partial charge in [0.2, 0.25) is 0 Å². The predicted octanol–water partition coefficient (Wildman–Crippen LogP) is 1.22. The summed E-state index contributed by atoms with van der Waals surface area (Å²) < 4.78 is 0. The van der Waals surface area contributed by atoms with Crippen molar-refractivity contribution in [3.05, 3.63) is 16.3 Å². The maximum atomic E-state index is 11.5. The van der Waals surface area contributed by atoms with Gasteiger partial charge in [0.05, 0.1) is 11.8 Å². The quantitative estimate of drug-likeness (QED) is 0.709. The molecule has 0 saturated heterocycles. The second-order valence-corrected chi connectivity index (χ2v) is 4.27. The molecule has 1 atom stereocenters. The maximum Gasteiger partial charge on any atom is 0.263 e. The van der Waals surface area contributed by atoms with E-state index in [1.165, 1.54) is 11.3 Å². The lowest BCUT2D eigenvalue weighted by molar-refractivity contribution is 0.0915. The molecule has 5 heteroatoms. The van der Waals surface area contributed by atoms with E-state index in [-0.39, 0.29) is 12.5 Å². The van der Waals surface area contributed by atoms with Gasteiger partial charge in [-0.1, -0.05) is 13.3 Å². The molecule has 1 aromatic rings. The Balaban J connectivity index is 2.40. The van der Waals surface area contributed by atoms with E-state index in [0.29, 0.717) is 17.0 Å². The van der Waals surface area contributed by atoms with Crippen LogP contribution in [0.4, 0.5) is 5.69 Å². The maximum absolute atomic E-state index is 11.5. The summed E-state index contributed by atoms with van der Waals surface area (Å²) in [6, 6.07) is 1.70. The van der Waals surface area contributed by atoms with Crippen molar-refractivity contribution in [3.63, 3.8) is 0 Å². The fraction of sp³-hybridized carbons (Fsp3) is 0.500. The molecule has 0 radical (unpaired) electrons. The molecule has 0 fully saturated rings. The SMILES string of the molecule is CCCC(O)CNC(=O)c1sccc1N. The lowest BCUT2D eigenvalue weighted by Crippen LogP contribution is -2.31. The number of nitrogens with two attached hydrogens (primary N) is 1. The first kappa shape index (κ1) is 12.0. The first-order chi connectivity index (χ1) is 7.15. The average molecular weight is 228 g/mol. The average Bonchev–Trinajstić information content (AvgIpc) is 2.61. The number of nitrogens with one attached hydrogen (secondary N) is 1. The smallest absolute Gasteiger partial charge is 0.263 e. The molecule has 84 valence electrons. The van der Waals surface area contributed by atoms with Gasteiger partial charge in [-0.3, -0.25) is 4.79 Å². The van der Waals surface area contributed by atoms with E-state index in [1.807, 2.05) is 6.92 Å². The van der Waals surface area contributed by atoms with Gasteiger partial charge in [0.1, 0.15) is 4.88 Å². The van der Waals surface area contributed by atoms with Crippen LogP contribution in [0.15, 0.2) is 11.4 Å². The lowest BCUT2D eigenvalue weighted by atomic mass is 10.2. The highest BCUT2D eigenvalue weighted by molar-refractivity contribution is 7.12. The number of rotatable bonds is 5. The molecule has 0 saturated carbocycles. The van der Waals surface area contributed by atoms with Crippen molar-refractivity contribution in [2.24, 2.45) is 0 Å². The van der Waals surface area contributed by atoms with Crippen LogP contribution in [-0.4, -0.2) is 23.7 Å². The van der Waals surface area contributed by atoms with Gasteiger partial charge in [0.15, 0.2) is 0 Å². The van der Waals surface area contributed by atoms with Crippen molar-refractivity contribution in [2.75, 3.05) is 12.3 Å². The Bertz CT molecular complexity index is 325. The van der Waals surface area contributed by atoms with Crippen molar-refractivity contribution in [3.8, 4) is 0 Å². The third-order valence-corrected chi connectivity index (χ3v) is 2.95. The number of carbonyl (C=O) groups is 1. The highest BCUT2D eigenvalue weighted by atomic mass is 32.1. The third kappa shape index (κ3) is 3.53. The van der Waals surface area contributed by atoms with Crippen molar-refractivity contribution < 1.29 is 9.90 Å². The van der Waals surface area contributed by atoms with Gasteiger partial charge in [-0.15, -0.1) is 11.3 Å². The molecular formula is C10H16N2O2S. The van der Waals surface area contributed by atoms with Gasteiger partial charge in [-0.25, -0.2) is 0 Å². The lowest BCUT2D eigenvalue weighted by Gasteiger charge is -2.10. The number of thiophene rings is 1. The van der Waals surface area contributed by atoms with Gasteiger partial charge >= 0.3 is 0 Å². The molecular weight excluding hydrogens is 212 g/mol. The van der Waals surface area contributed by atoms with Crippen LogP contribution < -0.4 is 11.1 Å². The Morgan fingerprint density at radius 1 is 1.73 bits per heavy atom. The molecule has 15 heavy (non-hydrogen) atoms. The number of aliphatic hydroxyl groups excluding tert-OH is 1. The summed E-state index contributed by atoms with van der Waals surface area (Å²) in [6.45, 7) is 2.27. The van der Waals surface area contributed by atoms with E-state index >= 15 is 0 Å². The van der Waals surface area contributed by atoms with Crippen LogP contribution in [0, 0.1) is 0 Å². The Morgan fingerprint density at radius 2 is 2.47 bits per heavy atom. The third-order valence-electron chi connectivity index (χ3n) is 2.02. The summed E-state index contributed by atoms with van der Waals surface area (Å²) in [5, 5.41) is 13.8. The van der Waals surface area contributed by atoms with Crippen LogP contribution >= 0.6 is 11.3 Å². The largest absolute Gasteiger partial charge is 0.397 e. The minimum absolute atomic E-state index is 0.211. The van der Waals surface area contributed by atoms with E-state index in [0.717, 1.165) is 6.42 Å².